The van der Waals surface area contributed by atoms with Gasteiger partial charge in [0.25, 0.3) is 0 Å². The highest BCUT2D eigenvalue weighted by molar-refractivity contribution is 7.99. The van der Waals surface area contributed by atoms with Gasteiger partial charge in [-0.2, -0.15) is 0 Å². The molecule has 24 heavy (non-hydrogen) atoms. The van der Waals surface area contributed by atoms with Gasteiger partial charge < -0.3 is 5.32 Å². The van der Waals surface area contributed by atoms with E-state index in [1.54, 1.807) is 30.3 Å². The van der Waals surface area contributed by atoms with E-state index in [-0.39, 0.29) is 18.3 Å². The number of terminal acetylenes is 1. The molecule has 0 aliphatic carbocycles. The number of thioether (sulfide) groups is 1. The molecule has 0 fully saturated rings. The van der Waals surface area contributed by atoms with Crippen molar-refractivity contribution in [3.05, 3.63) is 59.9 Å². The summed E-state index contributed by atoms with van der Waals surface area (Å²) in [6.45, 7) is 0.939. The number of carbonyl (C=O) groups excluding carboxylic acids is 1. The van der Waals surface area contributed by atoms with E-state index in [1.165, 1.54) is 17.8 Å². The lowest BCUT2D eigenvalue weighted by Crippen LogP contribution is -2.31. The second-order valence-corrected chi connectivity index (χ2v) is 6.43. The SMILES string of the molecule is C#Cc1cccc(NC(=O)CN(C)CCSc2ccccc2F)c1. The van der Waals surface area contributed by atoms with Crippen molar-refractivity contribution in [2.45, 2.75) is 4.90 Å². The second kappa shape index (κ2) is 9.11. The van der Waals surface area contributed by atoms with Gasteiger partial charge in [-0.05, 0) is 37.4 Å². The van der Waals surface area contributed by atoms with Crippen molar-refractivity contribution in [2.24, 2.45) is 0 Å². The fourth-order valence-corrected chi connectivity index (χ4v) is 3.09. The van der Waals surface area contributed by atoms with Crippen molar-refractivity contribution in [1.82, 2.24) is 4.90 Å². The number of rotatable bonds is 7. The van der Waals surface area contributed by atoms with Crippen LogP contribution < -0.4 is 5.32 Å². The molecule has 0 aliphatic heterocycles. The molecule has 0 saturated carbocycles. The fourth-order valence-electron chi connectivity index (χ4n) is 2.08. The summed E-state index contributed by atoms with van der Waals surface area (Å²) in [6, 6.07) is 13.9. The largest absolute Gasteiger partial charge is 0.325 e. The molecule has 5 heteroatoms. The van der Waals surface area contributed by atoms with Crippen LogP contribution in [0.4, 0.5) is 10.1 Å². The highest BCUT2D eigenvalue weighted by Gasteiger charge is 2.08. The lowest BCUT2D eigenvalue weighted by Gasteiger charge is -2.16. The maximum absolute atomic E-state index is 13.5. The van der Waals surface area contributed by atoms with Crippen LogP contribution in [-0.4, -0.2) is 36.7 Å². The van der Waals surface area contributed by atoms with Crippen LogP contribution >= 0.6 is 11.8 Å². The smallest absolute Gasteiger partial charge is 0.238 e. The highest BCUT2D eigenvalue weighted by atomic mass is 32.2. The number of anilines is 1. The Morgan fingerprint density at radius 2 is 2.08 bits per heavy atom. The fraction of sp³-hybridized carbons (Fsp3) is 0.211. The maximum atomic E-state index is 13.5. The summed E-state index contributed by atoms with van der Waals surface area (Å²) in [5, 5.41) is 2.82. The Labute approximate surface area is 146 Å². The molecule has 124 valence electrons. The van der Waals surface area contributed by atoms with Crippen molar-refractivity contribution in [2.75, 3.05) is 31.2 Å². The minimum atomic E-state index is -0.212. The average molecular weight is 342 g/mol. The average Bonchev–Trinajstić information content (AvgIpc) is 2.56. The van der Waals surface area contributed by atoms with Gasteiger partial charge in [0.05, 0.1) is 6.54 Å². The van der Waals surface area contributed by atoms with Crippen LogP contribution in [0, 0.1) is 18.2 Å². The zero-order valence-electron chi connectivity index (χ0n) is 13.5. The molecule has 1 N–H and O–H groups in total. The van der Waals surface area contributed by atoms with Crippen LogP contribution in [0.5, 0.6) is 0 Å². The molecule has 0 radical (unpaired) electrons. The summed E-state index contributed by atoms with van der Waals surface area (Å²) in [5.41, 5.74) is 1.41. The number of halogens is 1. The van der Waals surface area contributed by atoms with Crippen LogP contribution in [-0.2, 0) is 4.79 Å². The van der Waals surface area contributed by atoms with Crippen LogP contribution in [0.15, 0.2) is 53.4 Å². The first-order valence-electron chi connectivity index (χ1n) is 7.51. The van der Waals surface area contributed by atoms with E-state index < -0.39 is 0 Å². The van der Waals surface area contributed by atoms with Crippen molar-refractivity contribution >= 4 is 23.4 Å². The standard InChI is InChI=1S/C19H19FN2OS/c1-3-15-7-6-8-16(13-15)21-19(23)14-22(2)11-12-24-18-10-5-4-9-17(18)20/h1,4-10,13H,11-12,14H2,2H3,(H,21,23). The van der Waals surface area contributed by atoms with Crippen molar-refractivity contribution in [3.8, 4) is 12.3 Å². The zero-order chi connectivity index (χ0) is 17.4. The van der Waals surface area contributed by atoms with E-state index in [0.717, 1.165) is 5.56 Å². The molecule has 0 bridgehead atoms. The van der Waals surface area contributed by atoms with Crippen molar-refractivity contribution in [3.63, 3.8) is 0 Å². The molecule has 0 aromatic heterocycles. The first-order valence-corrected chi connectivity index (χ1v) is 8.49. The van der Waals surface area contributed by atoms with Gasteiger partial charge in [0.15, 0.2) is 0 Å². The predicted molar refractivity (Wildman–Crippen MR) is 97.6 cm³/mol. The number of hydrogen-bond acceptors (Lipinski definition) is 3. The van der Waals surface area contributed by atoms with Gasteiger partial charge in [-0.15, -0.1) is 18.2 Å². The molecule has 0 heterocycles. The first-order chi connectivity index (χ1) is 11.6. The van der Waals surface area contributed by atoms with Gasteiger partial charge >= 0.3 is 0 Å². The number of likely N-dealkylation sites (N-methyl/N-ethyl adjacent to an activating group) is 1. The summed E-state index contributed by atoms with van der Waals surface area (Å²) in [7, 11) is 1.86. The topological polar surface area (TPSA) is 32.3 Å². The third kappa shape index (κ3) is 5.73. The summed E-state index contributed by atoms with van der Waals surface area (Å²) in [4.78, 5) is 14.6. The third-order valence-corrected chi connectivity index (χ3v) is 4.32. The molecule has 2 aromatic rings. The van der Waals surface area contributed by atoms with E-state index in [9.17, 15) is 9.18 Å². The summed E-state index contributed by atoms with van der Waals surface area (Å²) in [5.74, 6) is 2.92. The van der Waals surface area contributed by atoms with Gasteiger partial charge in [0, 0.05) is 28.4 Å². The van der Waals surface area contributed by atoms with Gasteiger partial charge in [-0.3, -0.25) is 9.69 Å². The van der Waals surface area contributed by atoms with E-state index in [1.807, 2.05) is 24.1 Å². The number of hydrogen-bond donors (Lipinski definition) is 1. The Kier molecular flexibility index (Phi) is 6.86. The number of nitrogens with one attached hydrogen (secondary N) is 1. The van der Waals surface area contributed by atoms with Gasteiger partial charge in [-0.25, -0.2) is 4.39 Å². The third-order valence-electron chi connectivity index (χ3n) is 3.29. The second-order valence-electron chi connectivity index (χ2n) is 5.29. The summed E-state index contributed by atoms with van der Waals surface area (Å²) < 4.78 is 13.5. The van der Waals surface area contributed by atoms with E-state index >= 15 is 0 Å². The molecule has 2 aromatic carbocycles. The van der Waals surface area contributed by atoms with Gasteiger partial charge in [0.2, 0.25) is 5.91 Å². The molecule has 0 unspecified atom stereocenters. The minimum Gasteiger partial charge on any atom is -0.325 e. The molecule has 0 saturated heterocycles. The molecule has 0 atom stereocenters. The number of carbonyl (C=O) groups is 1. The quantitative estimate of drug-likeness (QED) is 0.618. The highest BCUT2D eigenvalue weighted by Crippen LogP contribution is 2.20. The Morgan fingerprint density at radius 1 is 1.29 bits per heavy atom. The molecular formula is C19H19FN2OS. The van der Waals surface area contributed by atoms with Crippen LogP contribution in [0.25, 0.3) is 0 Å². The number of benzene rings is 2. The molecule has 0 aliphatic rings. The van der Waals surface area contributed by atoms with Crippen LogP contribution in [0.2, 0.25) is 0 Å². The van der Waals surface area contributed by atoms with E-state index in [2.05, 4.69) is 11.2 Å². The Hall–Kier alpha value is -2.29. The maximum Gasteiger partial charge on any atom is 0.238 e. The lowest BCUT2D eigenvalue weighted by atomic mass is 10.2. The molecule has 3 nitrogen and oxygen atoms in total. The van der Waals surface area contributed by atoms with Gasteiger partial charge in [0.1, 0.15) is 5.82 Å². The zero-order valence-corrected chi connectivity index (χ0v) is 14.3. The monoisotopic (exact) mass is 342 g/mol. The molecule has 0 spiro atoms. The first kappa shape index (κ1) is 18.1. The predicted octanol–water partition coefficient (Wildman–Crippen LogP) is 3.47. The van der Waals surface area contributed by atoms with E-state index in [4.69, 9.17) is 6.42 Å². The van der Waals surface area contributed by atoms with Crippen molar-refractivity contribution in [1.29, 1.82) is 0 Å². The lowest BCUT2D eigenvalue weighted by molar-refractivity contribution is -0.117. The van der Waals surface area contributed by atoms with E-state index in [0.29, 0.717) is 22.9 Å². The van der Waals surface area contributed by atoms with Crippen molar-refractivity contribution < 1.29 is 9.18 Å². The number of amides is 1. The normalized spacial score (nSPS) is 10.4. The Bertz CT molecular complexity index is 742. The molecular weight excluding hydrogens is 323 g/mol. The number of nitrogens with zero attached hydrogens (tertiary/aromatic N) is 1. The summed E-state index contributed by atoms with van der Waals surface area (Å²) in [6.07, 6.45) is 5.34. The Morgan fingerprint density at radius 3 is 2.83 bits per heavy atom. The Balaban J connectivity index is 1.75. The van der Waals surface area contributed by atoms with Crippen LogP contribution in [0.1, 0.15) is 5.56 Å². The molecule has 2 rings (SSSR count). The molecule has 1 amide bonds. The summed E-state index contributed by atoms with van der Waals surface area (Å²) >= 11 is 1.44. The van der Waals surface area contributed by atoms with Crippen LogP contribution in [0.3, 0.4) is 0 Å². The van der Waals surface area contributed by atoms with Gasteiger partial charge in [-0.1, -0.05) is 24.1 Å². The minimum absolute atomic E-state index is 0.109.